The summed E-state index contributed by atoms with van der Waals surface area (Å²) in [6.45, 7) is 0.529. The monoisotopic (exact) mass is 265 g/mol. The van der Waals surface area contributed by atoms with Crippen LogP contribution in [0.3, 0.4) is 0 Å². The van der Waals surface area contributed by atoms with Crippen LogP contribution in [0.25, 0.3) is 0 Å². The Labute approximate surface area is 108 Å². The second-order valence-corrected chi connectivity index (χ2v) is 6.86. The van der Waals surface area contributed by atoms with Crippen LogP contribution < -0.4 is 0 Å². The lowest BCUT2D eigenvalue weighted by Crippen LogP contribution is -2.34. The molecule has 1 aromatic carbocycles. The molecule has 3 rings (SSSR count). The van der Waals surface area contributed by atoms with Crippen LogP contribution in [0.5, 0.6) is 0 Å². The fourth-order valence-electron chi connectivity index (χ4n) is 2.07. The zero-order valence-electron chi connectivity index (χ0n) is 9.09. The van der Waals surface area contributed by atoms with Gasteiger partial charge in [0, 0.05) is 11.5 Å². The van der Waals surface area contributed by atoms with Gasteiger partial charge in [0.1, 0.15) is 0 Å². The molecule has 2 aliphatic rings. The summed E-state index contributed by atoms with van der Waals surface area (Å²) >= 11 is 3.66. The first-order valence-electron chi connectivity index (χ1n) is 5.46. The van der Waals surface area contributed by atoms with E-state index in [1.165, 1.54) is 4.90 Å². The SMILES string of the molecule is O=C1c2ccccc2C(=O)N1CC1SCCS1. The van der Waals surface area contributed by atoms with Gasteiger partial charge >= 0.3 is 0 Å². The van der Waals surface area contributed by atoms with Gasteiger partial charge in [0.2, 0.25) is 0 Å². The Morgan fingerprint density at radius 1 is 1.06 bits per heavy atom. The molecule has 1 fully saturated rings. The normalized spacial score (nSPS) is 20.1. The number of carbonyl (C=O) groups excluding carboxylic acids is 2. The highest BCUT2D eigenvalue weighted by Gasteiger charge is 2.36. The smallest absolute Gasteiger partial charge is 0.261 e. The summed E-state index contributed by atoms with van der Waals surface area (Å²) < 4.78 is 0.345. The number of nitrogens with zero attached hydrogens (tertiary/aromatic N) is 1. The minimum absolute atomic E-state index is 0.140. The molecule has 2 aliphatic heterocycles. The Morgan fingerprint density at radius 3 is 2.12 bits per heavy atom. The third-order valence-electron chi connectivity index (χ3n) is 2.90. The van der Waals surface area contributed by atoms with Crippen LogP contribution in [0.2, 0.25) is 0 Å². The average molecular weight is 265 g/mol. The van der Waals surface area contributed by atoms with Crippen LogP contribution in [0.1, 0.15) is 20.7 Å². The van der Waals surface area contributed by atoms with Crippen molar-refractivity contribution in [2.75, 3.05) is 18.1 Å². The molecule has 17 heavy (non-hydrogen) atoms. The summed E-state index contributed by atoms with van der Waals surface area (Å²) in [5.41, 5.74) is 1.09. The van der Waals surface area contributed by atoms with Crippen molar-refractivity contribution in [2.24, 2.45) is 0 Å². The summed E-state index contributed by atoms with van der Waals surface area (Å²) in [6, 6.07) is 7.05. The topological polar surface area (TPSA) is 37.4 Å². The van der Waals surface area contributed by atoms with Gasteiger partial charge < -0.3 is 0 Å². The molecule has 3 nitrogen and oxygen atoms in total. The molecule has 2 heterocycles. The quantitative estimate of drug-likeness (QED) is 0.767. The molecule has 5 heteroatoms. The highest BCUT2D eigenvalue weighted by atomic mass is 32.2. The number of amides is 2. The van der Waals surface area contributed by atoms with Crippen LogP contribution in [0.15, 0.2) is 24.3 Å². The molecule has 0 aliphatic carbocycles. The minimum atomic E-state index is -0.140. The molecule has 0 atom stereocenters. The summed E-state index contributed by atoms with van der Waals surface area (Å²) in [7, 11) is 0. The number of fused-ring (bicyclic) bond motifs is 1. The Balaban J connectivity index is 1.84. The van der Waals surface area contributed by atoms with Crippen LogP contribution in [-0.2, 0) is 0 Å². The predicted molar refractivity (Wildman–Crippen MR) is 70.5 cm³/mol. The number of hydrogen-bond donors (Lipinski definition) is 0. The summed E-state index contributed by atoms with van der Waals surface area (Å²) in [4.78, 5) is 25.6. The second-order valence-electron chi connectivity index (χ2n) is 3.94. The molecule has 1 saturated heterocycles. The molecule has 0 aromatic heterocycles. The van der Waals surface area contributed by atoms with Gasteiger partial charge in [-0.05, 0) is 12.1 Å². The molecule has 1 aromatic rings. The summed E-state index contributed by atoms with van der Waals surface area (Å²) in [6.07, 6.45) is 0. The third-order valence-corrected chi connectivity index (χ3v) is 5.90. The molecule has 0 spiro atoms. The first kappa shape index (κ1) is 11.2. The molecule has 0 unspecified atom stereocenters. The van der Waals surface area contributed by atoms with Gasteiger partial charge in [-0.1, -0.05) is 12.1 Å². The van der Waals surface area contributed by atoms with E-state index in [1.54, 1.807) is 24.3 Å². The maximum Gasteiger partial charge on any atom is 0.261 e. The molecule has 88 valence electrons. The maximum absolute atomic E-state index is 12.1. The van der Waals surface area contributed by atoms with Gasteiger partial charge in [0.05, 0.1) is 22.3 Å². The third kappa shape index (κ3) is 1.87. The van der Waals surface area contributed by atoms with Gasteiger partial charge in [-0.15, -0.1) is 23.5 Å². The fraction of sp³-hybridized carbons (Fsp3) is 0.333. The van der Waals surface area contributed by atoms with Crippen LogP contribution >= 0.6 is 23.5 Å². The van der Waals surface area contributed by atoms with E-state index in [4.69, 9.17) is 0 Å². The lowest BCUT2D eigenvalue weighted by atomic mass is 10.1. The Hall–Kier alpha value is -0.940. The van der Waals surface area contributed by atoms with E-state index in [0.717, 1.165) is 11.5 Å². The van der Waals surface area contributed by atoms with E-state index in [1.807, 2.05) is 23.5 Å². The molecule has 0 N–H and O–H groups in total. The van der Waals surface area contributed by atoms with Crippen molar-refractivity contribution in [1.29, 1.82) is 0 Å². The molecule has 0 saturated carbocycles. The van der Waals surface area contributed by atoms with E-state index in [0.29, 0.717) is 22.3 Å². The second kappa shape index (κ2) is 4.38. The molecular weight excluding hydrogens is 254 g/mol. The van der Waals surface area contributed by atoms with Crippen molar-refractivity contribution >= 4 is 35.3 Å². The molecule has 2 amide bonds. The van der Waals surface area contributed by atoms with Gasteiger partial charge in [-0.2, -0.15) is 0 Å². The van der Waals surface area contributed by atoms with E-state index < -0.39 is 0 Å². The average Bonchev–Trinajstić information content (AvgIpc) is 2.94. The predicted octanol–water partition coefficient (Wildman–Crippen LogP) is 2.09. The Bertz CT molecular complexity index is 448. The van der Waals surface area contributed by atoms with Crippen LogP contribution in [0, 0.1) is 0 Å². The number of imide groups is 1. The lowest BCUT2D eigenvalue weighted by molar-refractivity contribution is 0.0662. The number of thioether (sulfide) groups is 2. The lowest BCUT2D eigenvalue weighted by Gasteiger charge is -2.17. The Kier molecular flexibility index (Phi) is 2.88. The van der Waals surface area contributed by atoms with E-state index in [-0.39, 0.29) is 11.8 Å². The number of hydrogen-bond acceptors (Lipinski definition) is 4. The largest absolute Gasteiger partial charge is 0.272 e. The van der Waals surface area contributed by atoms with Crippen molar-refractivity contribution in [3.05, 3.63) is 35.4 Å². The van der Waals surface area contributed by atoms with Gasteiger partial charge in [0.25, 0.3) is 11.8 Å². The Morgan fingerprint density at radius 2 is 1.59 bits per heavy atom. The number of carbonyl (C=O) groups is 2. The zero-order chi connectivity index (χ0) is 11.8. The van der Waals surface area contributed by atoms with Crippen molar-refractivity contribution in [3.8, 4) is 0 Å². The zero-order valence-corrected chi connectivity index (χ0v) is 10.7. The summed E-state index contributed by atoms with van der Waals surface area (Å²) in [5, 5.41) is 0. The van der Waals surface area contributed by atoms with Crippen molar-refractivity contribution in [3.63, 3.8) is 0 Å². The van der Waals surface area contributed by atoms with E-state index in [2.05, 4.69) is 0 Å². The molecular formula is C12H11NO2S2. The number of benzene rings is 1. The van der Waals surface area contributed by atoms with Crippen molar-refractivity contribution in [1.82, 2.24) is 4.90 Å². The molecule has 0 radical (unpaired) electrons. The van der Waals surface area contributed by atoms with Crippen LogP contribution in [-0.4, -0.2) is 39.3 Å². The van der Waals surface area contributed by atoms with E-state index in [9.17, 15) is 9.59 Å². The van der Waals surface area contributed by atoms with Crippen LogP contribution in [0.4, 0.5) is 0 Å². The fourth-order valence-corrected chi connectivity index (χ4v) is 4.83. The van der Waals surface area contributed by atoms with Gasteiger partial charge in [-0.25, -0.2) is 0 Å². The standard InChI is InChI=1S/C12H11NO2S2/c14-11-8-3-1-2-4-9(8)12(15)13(11)7-10-16-5-6-17-10/h1-4,10H,5-7H2. The van der Waals surface area contributed by atoms with E-state index >= 15 is 0 Å². The first-order valence-corrected chi connectivity index (χ1v) is 7.55. The highest BCUT2D eigenvalue weighted by molar-refractivity contribution is 8.20. The minimum Gasteiger partial charge on any atom is -0.272 e. The van der Waals surface area contributed by atoms with Crippen molar-refractivity contribution in [2.45, 2.75) is 4.58 Å². The maximum atomic E-state index is 12.1. The first-order chi connectivity index (χ1) is 8.27. The summed E-state index contributed by atoms with van der Waals surface area (Å²) in [5.74, 6) is 1.94. The van der Waals surface area contributed by atoms with Gasteiger partial charge in [-0.3, -0.25) is 14.5 Å². The van der Waals surface area contributed by atoms with Gasteiger partial charge in [0.15, 0.2) is 0 Å². The molecule has 0 bridgehead atoms. The van der Waals surface area contributed by atoms with Crippen molar-refractivity contribution < 1.29 is 9.59 Å². The number of rotatable bonds is 2. The highest BCUT2D eigenvalue weighted by Crippen LogP contribution is 2.34.